The third-order valence-electron chi connectivity index (χ3n) is 3.48. The fourth-order valence-electron chi connectivity index (χ4n) is 2.38. The second-order valence-corrected chi connectivity index (χ2v) is 7.37. The molecule has 1 aromatic heterocycles. The number of thiophene rings is 1. The summed E-state index contributed by atoms with van der Waals surface area (Å²) in [5, 5.41) is 1.99. The van der Waals surface area contributed by atoms with Crippen LogP contribution in [0.25, 0.3) is 0 Å². The summed E-state index contributed by atoms with van der Waals surface area (Å²) in [5.41, 5.74) is 1.06. The average molecular weight is 352 g/mol. The Hall–Kier alpha value is -0.490. The van der Waals surface area contributed by atoms with Gasteiger partial charge in [-0.05, 0) is 45.8 Å². The van der Waals surface area contributed by atoms with Gasteiger partial charge in [-0.3, -0.25) is 4.79 Å². The van der Waals surface area contributed by atoms with Crippen molar-refractivity contribution in [1.29, 1.82) is 0 Å². The molecule has 6 heteroatoms. The lowest BCUT2D eigenvalue weighted by Gasteiger charge is -2.30. The lowest BCUT2D eigenvalue weighted by molar-refractivity contribution is -0.138. The highest BCUT2D eigenvalue weighted by atomic mass is 79.9. The van der Waals surface area contributed by atoms with E-state index in [4.69, 9.17) is 0 Å². The predicted molar refractivity (Wildman–Crippen MR) is 75.4 cm³/mol. The lowest BCUT2D eigenvalue weighted by Crippen LogP contribution is -2.36. The summed E-state index contributed by atoms with van der Waals surface area (Å²) in [4.78, 5) is 13.8. The first-order valence-corrected chi connectivity index (χ1v) is 7.90. The summed E-state index contributed by atoms with van der Waals surface area (Å²) in [5.74, 6) is -2.84. The topological polar surface area (TPSA) is 20.3 Å². The van der Waals surface area contributed by atoms with Gasteiger partial charge < -0.3 is 4.90 Å². The molecule has 1 fully saturated rings. The monoisotopic (exact) mass is 351 g/mol. The van der Waals surface area contributed by atoms with Crippen LogP contribution < -0.4 is 0 Å². The van der Waals surface area contributed by atoms with E-state index in [1.807, 2.05) is 11.4 Å². The van der Waals surface area contributed by atoms with Gasteiger partial charge in [-0.25, -0.2) is 8.78 Å². The predicted octanol–water partition coefficient (Wildman–Crippen LogP) is 4.29. The number of rotatable bonds is 3. The van der Waals surface area contributed by atoms with E-state index in [1.165, 1.54) is 0 Å². The second-order valence-electron chi connectivity index (χ2n) is 5.08. The number of carbonyl (C=O) groups excluding carboxylic acids is 1. The zero-order valence-electron chi connectivity index (χ0n) is 10.7. The van der Waals surface area contributed by atoms with E-state index in [9.17, 15) is 13.6 Å². The van der Waals surface area contributed by atoms with Gasteiger partial charge in [-0.2, -0.15) is 0 Å². The van der Waals surface area contributed by atoms with Crippen molar-refractivity contribution in [1.82, 2.24) is 4.90 Å². The van der Waals surface area contributed by atoms with Crippen LogP contribution in [0, 0.1) is 5.92 Å². The summed E-state index contributed by atoms with van der Waals surface area (Å²) in [7, 11) is 1.74. The number of nitrogens with zero attached hydrogens (tertiary/aromatic N) is 1. The zero-order valence-corrected chi connectivity index (χ0v) is 13.1. The van der Waals surface area contributed by atoms with Crippen LogP contribution in [0.5, 0.6) is 0 Å². The fraction of sp³-hybridized carbons (Fsp3) is 0.615. The lowest BCUT2D eigenvalue weighted by atomic mass is 9.86. The SMILES string of the molecule is CN(Cc1csc(Br)c1)C(=O)C1CCC(F)(F)CC1. The Labute approximate surface area is 123 Å². The molecule has 19 heavy (non-hydrogen) atoms. The Morgan fingerprint density at radius 1 is 1.53 bits per heavy atom. The van der Waals surface area contributed by atoms with Gasteiger partial charge in [-0.15, -0.1) is 11.3 Å². The van der Waals surface area contributed by atoms with Gasteiger partial charge in [0, 0.05) is 32.4 Å². The maximum atomic E-state index is 13.1. The van der Waals surface area contributed by atoms with Crippen molar-refractivity contribution >= 4 is 33.2 Å². The van der Waals surface area contributed by atoms with Crippen molar-refractivity contribution in [3.8, 4) is 0 Å². The first-order valence-electron chi connectivity index (χ1n) is 6.23. The van der Waals surface area contributed by atoms with E-state index in [-0.39, 0.29) is 24.7 Å². The quantitative estimate of drug-likeness (QED) is 0.795. The van der Waals surface area contributed by atoms with Crippen LogP contribution >= 0.6 is 27.3 Å². The maximum Gasteiger partial charge on any atom is 0.248 e. The molecule has 0 radical (unpaired) electrons. The van der Waals surface area contributed by atoms with Gasteiger partial charge in [0.05, 0.1) is 3.79 Å². The number of amides is 1. The highest BCUT2D eigenvalue weighted by Crippen LogP contribution is 2.36. The Bertz CT molecular complexity index is 453. The average Bonchev–Trinajstić information content (AvgIpc) is 2.74. The van der Waals surface area contributed by atoms with E-state index in [0.717, 1.165) is 9.35 Å². The van der Waals surface area contributed by atoms with Crippen molar-refractivity contribution in [2.75, 3.05) is 7.05 Å². The highest BCUT2D eigenvalue weighted by molar-refractivity contribution is 9.11. The van der Waals surface area contributed by atoms with Gasteiger partial charge in [0.15, 0.2) is 0 Å². The molecule has 0 unspecified atom stereocenters. The summed E-state index contributed by atoms with van der Waals surface area (Å²) in [6.07, 6.45) is 0.259. The number of carbonyl (C=O) groups is 1. The van der Waals surface area contributed by atoms with Crippen LogP contribution in [0.3, 0.4) is 0 Å². The molecule has 0 atom stereocenters. The van der Waals surface area contributed by atoms with Crippen LogP contribution in [0.15, 0.2) is 15.2 Å². The molecule has 106 valence electrons. The summed E-state index contributed by atoms with van der Waals surface area (Å²) < 4.78 is 27.2. The van der Waals surface area contributed by atoms with E-state index in [0.29, 0.717) is 19.4 Å². The number of hydrogen-bond acceptors (Lipinski definition) is 2. The Balaban J connectivity index is 1.89. The third kappa shape index (κ3) is 3.99. The minimum Gasteiger partial charge on any atom is -0.341 e. The summed E-state index contributed by atoms with van der Waals surface area (Å²) >= 11 is 4.95. The molecular weight excluding hydrogens is 336 g/mol. The molecule has 0 bridgehead atoms. The van der Waals surface area contributed by atoms with E-state index >= 15 is 0 Å². The van der Waals surface area contributed by atoms with Crippen molar-refractivity contribution in [2.45, 2.75) is 38.2 Å². The Kier molecular flexibility index (Phi) is 4.61. The normalized spacial score (nSPS) is 19.4. The van der Waals surface area contributed by atoms with Gasteiger partial charge in [0.25, 0.3) is 0 Å². The van der Waals surface area contributed by atoms with Crippen LogP contribution in [0.1, 0.15) is 31.2 Å². The van der Waals surface area contributed by atoms with E-state index in [2.05, 4.69) is 15.9 Å². The standard InChI is InChI=1S/C13H16BrF2NOS/c1-17(7-9-6-11(14)19-8-9)12(18)10-2-4-13(15,16)5-3-10/h6,8,10H,2-5,7H2,1H3. The molecule has 2 rings (SSSR count). The third-order valence-corrected chi connectivity index (χ3v) is 5.04. The minimum atomic E-state index is -2.58. The van der Waals surface area contributed by atoms with Crippen molar-refractivity contribution in [2.24, 2.45) is 5.92 Å². The second kappa shape index (κ2) is 5.87. The van der Waals surface area contributed by atoms with Gasteiger partial charge in [0.2, 0.25) is 11.8 Å². The molecule has 0 aromatic carbocycles. The summed E-state index contributed by atoms with van der Waals surface area (Å²) in [6, 6.07) is 1.98. The van der Waals surface area contributed by atoms with Crippen LogP contribution in [0.2, 0.25) is 0 Å². The number of halogens is 3. The molecule has 1 aromatic rings. The molecule has 1 aliphatic carbocycles. The number of alkyl halides is 2. The first kappa shape index (κ1) is 14.9. The van der Waals surface area contributed by atoms with Crippen LogP contribution in [-0.2, 0) is 11.3 Å². The molecule has 1 aliphatic rings. The number of hydrogen-bond donors (Lipinski definition) is 0. The molecule has 1 heterocycles. The molecular formula is C13H16BrF2NOS. The zero-order chi connectivity index (χ0) is 14.0. The summed E-state index contributed by atoms with van der Waals surface area (Å²) in [6.45, 7) is 0.536. The molecule has 0 spiro atoms. The molecule has 0 saturated heterocycles. The Morgan fingerprint density at radius 2 is 2.16 bits per heavy atom. The Morgan fingerprint density at radius 3 is 2.68 bits per heavy atom. The fourth-order valence-corrected chi connectivity index (χ4v) is 3.58. The maximum absolute atomic E-state index is 13.1. The van der Waals surface area contributed by atoms with Gasteiger partial charge in [0.1, 0.15) is 0 Å². The molecule has 1 amide bonds. The first-order chi connectivity index (χ1) is 8.87. The highest BCUT2D eigenvalue weighted by Gasteiger charge is 2.38. The molecule has 1 saturated carbocycles. The molecule has 2 nitrogen and oxygen atoms in total. The van der Waals surface area contributed by atoms with Crippen LogP contribution in [0.4, 0.5) is 8.78 Å². The smallest absolute Gasteiger partial charge is 0.248 e. The van der Waals surface area contributed by atoms with E-state index in [1.54, 1.807) is 23.3 Å². The van der Waals surface area contributed by atoms with Crippen molar-refractivity contribution < 1.29 is 13.6 Å². The van der Waals surface area contributed by atoms with Crippen molar-refractivity contribution in [3.05, 3.63) is 20.8 Å². The van der Waals surface area contributed by atoms with Crippen molar-refractivity contribution in [3.63, 3.8) is 0 Å². The minimum absolute atomic E-state index is 0.0159. The van der Waals surface area contributed by atoms with Gasteiger partial charge in [-0.1, -0.05) is 0 Å². The largest absolute Gasteiger partial charge is 0.341 e. The molecule has 0 aliphatic heterocycles. The molecule has 0 N–H and O–H groups in total. The van der Waals surface area contributed by atoms with Gasteiger partial charge >= 0.3 is 0 Å². The van der Waals surface area contributed by atoms with Crippen LogP contribution in [-0.4, -0.2) is 23.8 Å². The van der Waals surface area contributed by atoms with E-state index < -0.39 is 5.92 Å².